The Bertz CT molecular complexity index is 992. The Morgan fingerprint density at radius 1 is 1.25 bits per heavy atom. The van der Waals surface area contributed by atoms with Gasteiger partial charge in [0.2, 0.25) is 5.91 Å². The molecule has 0 spiro atoms. The van der Waals surface area contributed by atoms with Crippen LogP contribution in [0, 0.1) is 0 Å². The lowest BCUT2D eigenvalue weighted by Gasteiger charge is -2.09. The number of amides is 1. The molecule has 0 aliphatic heterocycles. The van der Waals surface area contributed by atoms with Crippen molar-refractivity contribution in [2.75, 3.05) is 5.32 Å². The van der Waals surface area contributed by atoms with Crippen molar-refractivity contribution in [1.29, 1.82) is 0 Å². The fourth-order valence-electron chi connectivity index (χ4n) is 2.03. The van der Waals surface area contributed by atoms with Crippen LogP contribution in [0.1, 0.15) is 0 Å². The minimum absolute atomic E-state index is 0.171. The van der Waals surface area contributed by atoms with Crippen LogP contribution in [-0.2, 0) is 11.3 Å². The quantitative estimate of drug-likeness (QED) is 0.673. The molecule has 10 heteroatoms. The number of aromatic amines is 1. The number of aromatic nitrogens is 5. The Hall–Kier alpha value is -3.01. The molecule has 0 atom stereocenters. The number of rotatable bonds is 4. The monoisotopic (exact) mass is 390 g/mol. The number of halogens is 1. The molecule has 24 heavy (non-hydrogen) atoms. The Morgan fingerprint density at radius 2 is 2.00 bits per heavy atom. The second-order valence-electron chi connectivity index (χ2n) is 4.83. The summed E-state index contributed by atoms with van der Waals surface area (Å²) in [5.41, 5.74) is 0.138. The molecule has 0 saturated heterocycles. The van der Waals surface area contributed by atoms with E-state index >= 15 is 0 Å². The first kappa shape index (κ1) is 15.9. The highest BCUT2D eigenvalue weighted by molar-refractivity contribution is 9.10. The van der Waals surface area contributed by atoms with Crippen LogP contribution in [0.4, 0.5) is 5.69 Å². The van der Waals surface area contributed by atoms with Gasteiger partial charge in [-0.3, -0.25) is 23.7 Å². The molecule has 1 amide bonds. The minimum atomic E-state index is -0.656. The van der Waals surface area contributed by atoms with E-state index in [0.717, 1.165) is 10.3 Å². The Labute approximate surface area is 143 Å². The van der Waals surface area contributed by atoms with Crippen LogP contribution >= 0.6 is 15.9 Å². The van der Waals surface area contributed by atoms with Crippen molar-refractivity contribution in [3.05, 3.63) is 68.4 Å². The van der Waals surface area contributed by atoms with Gasteiger partial charge in [0.15, 0.2) is 0 Å². The van der Waals surface area contributed by atoms with Crippen molar-refractivity contribution in [2.24, 2.45) is 0 Å². The summed E-state index contributed by atoms with van der Waals surface area (Å²) in [7, 11) is 0. The molecule has 2 heterocycles. The SMILES string of the molecule is O=C(Cn1cc(Br)c(=O)[nH]c1=O)Nc1cccc(-n2cnnc2)c1. The predicted octanol–water partition coefficient (Wildman–Crippen LogP) is 0.518. The first-order valence-electron chi connectivity index (χ1n) is 6.77. The molecule has 3 rings (SSSR count). The number of H-pyrrole nitrogens is 1. The lowest BCUT2D eigenvalue weighted by molar-refractivity contribution is -0.116. The number of carbonyl (C=O) groups is 1. The first-order chi connectivity index (χ1) is 11.5. The van der Waals surface area contributed by atoms with E-state index in [1.807, 2.05) is 6.07 Å². The number of benzene rings is 1. The predicted molar refractivity (Wildman–Crippen MR) is 89.0 cm³/mol. The Kier molecular flexibility index (Phi) is 4.38. The van der Waals surface area contributed by atoms with Crippen molar-refractivity contribution in [2.45, 2.75) is 6.54 Å². The lowest BCUT2D eigenvalue weighted by Crippen LogP contribution is -2.33. The summed E-state index contributed by atoms with van der Waals surface area (Å²) in [6.07, 6.45) is 4.35. The first-order valence-corrected chi connectivity index (χ1v) is 7.56. The number of carbonyl (C=O) groups excluding carboxylic acids is 1. The molecule has 1 aromatic carbocycles. The fourth-order valence-corrected chi connectivity index (χ4v) is 2.38. The van der Waals surface area contributed by atoms with Crippen molar-refractivity contribution in [3.63, 3.8) is 0 Å². The fraction of sp³-hybridized carbons (Fsp3) is 0.0714. The van der Waals surface area contributed by atoms with Crippen molar-refractivity contribution in [1.82, 2.24) is 24.3 Å². The highest BCUT2D eigenvalue weighted by atomic mass is 79.9. The van der Waals surface area contributed by atoms with Gasteiger partial charge in [0.1, 0.15) is 19.2 Å². The maximum absolute atomic E-state index is 12.1. The average molecular weight is 391 g/mol. The van der Waals surface area contributed by atoms with Gasteiger partial charge in [-0.05, 0) is 34.1 Å². The summed E-state index contributed by atoms with van der Waals surface area (Å²) in [5, 5.41) is 10.1. The number of anilines is 1. The van der Waals surface area contributed by atoms with Crippen LogP contribution in [0.3, 0.4) is 0 Å². The van der Waals surface area contributed by atoms with E-state index < -0.39 is 17.2 Å². The summed E-state index contributed by atoms with van der Waals surface area (Å²) in [6, 6.07) is 7.07. The van der Waals surface area contributed by atoms with Crippen molar-refractivity contribution < 1.29 is 4.79 Å². The summed E-state index contributed by atoms with van der Waals surface area (Å²) >= 11 is 3.02. The van der Waals surface area contributed by atoms with Crippen molar-refractivity contribution >= 4 is 27.5 Å². The van der Waals surface area contributed by atoms with Crippen LogP contribution < -0.4 is 16.6 Å². The molecule has 0 radical (unpaired) electrons. The van der Waals surface area contributed by atoms with Gasteiger partial charge in [-0.15, -0.1) is 10.2 Å². The van der Waals surface area contributed by atoms with Crippen LogP contribution in [0.2, 0.25) is 0 Å². The Morgan fingerprint density at radius 3 is 2.75 bits per heavy atom. The van der Waals surface area contributed by atoms with E-state index in [1.54, 1.807) is 35.4 Å². The van der Waals surface area contributed by atoms with Crippen LogP contribution in [0.15, 0.2) is 57.2 Å². The van der Waals surface area contributed by atoms with E-state index in [1.165, 1.54) is 6.20 Å². The third-order valence-electron chi connectivity index (χ3n) is 3.13. The topological polar surface area (TPSA) is 115 Å². The van der Waals surface area contributed by atoms with E-state index in [0.29, 0.717) is 5.69 Å². The smallest absolute Gasteiger partial charge is 0.324 e. The molecule has 0 aliphatic carbocycles. The second kappa shape index (κ2) is 6.62. The zero-order valence-electron chi connectivity index (χ0n) is 12.1. The third-order valence-corrected chi connectivity index (χ3v) is 3.69. The summed E-state index contributed by atoms with van der Waals surface area (Å²) in [6.45, 7) is -0.231. The highest BCUT2D eigenvalue weighted by Gasteiger charge is 2.08. The third kappa shape index (κ3) is 3.49. The maximum atomic E-state index is 12.1. The minimum Gasteiger partial charge on any atom is -0.324 e. The van der Waals surface area contributed by atoms with Crippen molar-refractivity contribution in [3.8, 4) is 5.69 Å². The average Bonchev–Trinajstić information content (AvgIpc) is 3.07. The van der Waals surface area contributed by atoms with Gasteiger partial charge in [-0.1, -0.05) is 6.07 Å². The molecule has 3 aromatic rings. The largest absolute Gasteiger partial charge is 0.328 e. The standard InChI is InChI=1S/C14H11BrN6O3/c15-11-5-20(14(24)19-13(11)23)6-12(22)18-9-2-1-3-10(4-9)21-7-16-17-8-21/h1-5,7-8H,6H2,(H,18,22)(H,19,23,24). The summed E-state index contributed by atoms with van der Waals surface area (Å²) in [4.78, 5) is 37.2. The van der Waals surface area contributed by atoms with Crippen LogP contribution in [0.5, 0.6) is 0 Å². The second-order valence-corrected chi connectivity index (χ2v) is 5.69. The van der Waals surface area contributed by atoms with Gasteiger partial charge in [0.25, 0.3) is 5.56 Å². The molecule has 0 bridgehead atoms. The lowest BCUT2D eigenvalue weighted by atomic mass is 10.2. The normalized spacial score (nSPS) is 10.5. The molecule has 2 aromatic heterocycles. The van der Waals surface area contributed by atoms with Gasteiger partial charge in [0, 0.05) is 11.9 Å². The molecule has 2 N–H and O–H groups in total. The van der Waals surface area contributed by atoms with Crippen LogP contribution in [0.25, 0.3) is 5.69 Å². The molecule has 0 aliphatic rings. The molecule has 0 fully saturated rings. The molecule has 0 saturated carbocycles. The zero-order valence-corrected chi connectivity index (χ0v) is 13.7. The zero-order chi connectivity index (χ0) is 17.1. The molecular formula is C14H11BrN6O3. The van der Waals surface area contributed by atoms with E-state index in [-0.39, 0.29) is 11.0 Å². The summed E-state index contributed by atoms with van der Waals surface area (Å²) < 4.78 is 2.97. The molecular weight excluding hydrogens is 380 g/mol. The molecule has 122 valence electrons. The van der Waals surface area contributed by atoms with Gasteiger partial charge in [-0.2, -0.15) is 0 Å². The van der Waals surface area contributed by atoms with Crippen LogP contribution in [-0.4, -0.2) is 30.2 Å². The van der Waals surface area contributed by atoms with Gasteiger partial charge in [0.05, 0.1) is 10.2 Å². The molecule has 0 unspecified atom stereocenters. The highest BCUT2D eigenvalue weighted by Crippen LogP contribution is 2.14. The Balaban J connectivity index is 1.76. The maximum Gasteiger partial charge on any atom is 0.328 e. The van der Waals surface area contributed by atoms with E-state index in [4.69, 9.17) is 0 Å². The molecule has 9 nitrogen and oxygen atoms in total. The number of nitrogens with one attached hydrogen (secondary N) is 2. The van der Waals surface area contributed by atoms with Gasteiger partial charge < -0.3 is 5.32 Å². The van der Waals surface area contributed by atoms with E-state index in [9.17, 15) is 14.4 Å². The van der Waals surface area contributed by atoms with Gasteiger partial charge >= 0.3 is 5.69 Å². The number of hydrogen-bond acceptors (Lipinski definition) is 5. The van der Waals surface area contributed by atoms with Gasteiger partial charge in [-0.25, -0.2) is 4.79 Å². The summed E-state index contributed by atoms with van der Waals surface area (Å²) in [5.74, 6) is -0.406. The number of nitrogens with zero attached hydrogens (tertiary/aromatic N) is 4. The number of hydrogen-bond donors (Lipinski definition) is 2. The van der Waals surface area contributed by atoms with E-state index in [2.05, 4.69) is 36.4 Å².